The third kappa shape index (κ3) is 4.21. The number of aromatic nitrogens is 2. The minimum Gasteiger partial charge on any atom is -0.392 e. The van der Waals surface area contributed by atoms with Gasteiger partial charge in [0, 0.05) is 34.8 Å². The van der Waals surface area contributed by atoms with Crippen molar-refractivity contribution in [1.29, 1.82) is 0 Å². The number of hydrogen-bond acceptors (Lipinski definition) is 5. The zero-order valence-electron chi connectivity index (χ0n) is 18.4. The molecule has 0 unspecified atom stereocenters. The largest absolute Gasteiger partial charge is 0.392 e. The van der Waals surface area contributed by atoms with Crippen molar-refractivity contribution < 1.29 is 14.7 Å². The maximum absolute atomic E-state index is 13.5. The zero-order valence-corrected chi connectivity index (χ0v) is 19.2. The molecule has 0 aliphatic heterocycles. The van der Waals surface area contributed by atoms with E-state index in [2.05, 4.69) is 4.98 Å². The van der Waals surface area contributed by atoms with Crippen LogP contribution in [0.15, 0.2) is 60.1 Å². The highest BCUT2D eigenvalue weighted by molar-refractivity contribution is 7.13. The summed E-state index contributed by atoms with van der Waals surface area (Å²) in [6.07, 6.45) is 4.16. The van der Waals surface area contributed by atoms with Crippen molar-refractivity contribution in [2.75, 3.05) is 11.4 Å². The summed E-state index contributed by atoms with van der Waals surface area (Å²) in [4.78, 5) is 33.1. The van der Waals surface area contributed by atoms with Gasteiger partial charge in [-0.3, -0.25) is 19.1 Å². The first kappa shape index (κ1) is 21.6. The van der Waals surface area contributed by atoms with Crippen LogP contribution in [0, 0.1) is 12.8 Å². The molecule has 168 valence electrons. The predicted molar refractivity (Wildman–Crippen MR) is 130 cm³/mol. The predicted octanol–water partition coefficient (Wildman–Crippen LogP) is 4.57. The quantitative estimate of drug-likeness (QED) is 0.439. The SMILES string of the molecule is Cc1c(CC(=O)N(CC2CC2)c2nccs2)c2cc(CO)ccc2n1C(=O)c1ccccc1. The first-order valence-electron chi connectivity index (χ1n) is 11.1. The summed E-state index contributed by atoms with van der Waals surface area (Å²) >= 11 is 1.46. The van der Waals surface area contributed by atoms with Gasteiger partial charge in [0.25, 0.3) is 5.91 Å². The molecule has 0 radical (unpaired) electrons. The molecule has 4 aromatic rings. The van der Waals surface area contributed by atoms with Gasteiger partial charge < -0.3 is 5.11 Å². The lowest BCUT2D eigenvalue weighted by Crippen LogP contribution is -2.34. The number of aliphatic hydroxyl groups excluding tert-OH is 1. The normalized spacial score (nSPS) is 13.4. The van der Waals surface area contributed by atoms with Crippen molar-refractivity contribution in [2.24, 2.45) is 5.92 Å². The maximum atomic E-state index is 13.5. The molecule has 0 saturated heterocycles. The van der Waals surface area contributed by atoms with Gasteiger partial charge >= 0.3 is 0 Å². The van der Waals surface area contributed by atoms with Crippen LogP contribution in [-0.4, -0.2) is 33.0 Å². The van der Waals surface area contributed by atoms with Gasteiger partial charge in [0.15, 0.2) is 5.13 Å². The molecule has 1 aliphatic rings. The zero-order chi connectivity index (χ0) is 22.9. The first-order chi connectivity index (χ1) is 16.1. The van der Waals surface area contributed by atoms with Crippen LogP contribution in [0.25, 0.3) is 10.9 Å². The number of nitrogens with zero attached hydrogens (tertiary/aromatic N) is 3. The molecule has 7 heteroatoms. The number of hydrogen-bond donors (Lipinski definition) is 1. The number of thiazole rings is 1. The van der Waals surface area contributed by atoms with Gasteiger partial charge in [0.1, 0.15) is 0 Å². The molecule has 1 aliphatic carbocycles. The molecular formula is C26H25N3O3S. The topological polar surface area (TPSA) is 75.4 Å². The minimum atomic E-state index is -0.136. The van der Waals surface area contributed by atoms with E-state index in [0.29, 0.717) is 23.2 Å². The smallest absolute Gasteiger partial charge is 0.262 e. The molecule has 1 fully saturated rings. The second-order valence-corrected chi connectivity index (χ2v) is 9.39. The Morgan fingerprint density at radius 3 is 2.64 bits per heavy atom. The number of anilines is 1. The van der Waals surface area contributed by atoms with Crippen molar-refractivity contribution >= 4 is 39.2 Å². The Hall–Kier alpha value is -3.29. The van der Waals surface area contributed by atoms with E-state index >= 15 is 0 Å². The van der Waals surface area contributed by atoms with Crippen LogP contribution < -0.4 is 4.90 Å². The average molecular weight is 460 g/mol. The lowest BCUT2D eigenvalue weighted by atomic mass is 10.0. The van der Waals surface area contributed by atoms with Gasteiger partial charge in [-0.2, -0.15) is 0 Å². The highest BCUT2D eigenvalue weighted by Gasteiger charge is 2.30. The van der Waals surface area contributed by atoms with Gasteiger partial charge in [-0.25, -0.2) is 4.98 Å². The molecule has 0 bridgehead atoms. The monoisotopic (exact) mass is 459 g/mol. The number of aliphatic hydroxyl groups is 1. The fraction of sp³-hybridized carbons (Fsp3) is 0.269. The van der Waals surface area contributed by atoms with Crippen molar-refractivity contribution in [3.05, 3.63) is 82.5 Å². The Morgan fingerprint density at radius 1 is 1.18 bits per heavy atom. The molecule has 2 heterocycles. The second-order valence-electron chi connectivity index (χ2n) is 8.52. The average Bonchev–Trinajstić information content (AvgIpc) is 3.42. The molecule has 2 aromatic carbocycles. The van der Waals surface area contributed by atoms with Gasteiger partial charge in [0.05, 0.1) is 18.5 Å². The summed E-state index contributed by atoms with van der Waals surface area (Å²) in [5.74, 6) is 0.366. The van der Waals surface area contributed by atoms with Crippen LogP contribution in [0.4, 0.5) is 5.13 Å². The number of rotatable bonds is 7. The second kappa shape index (κ2) is 8.92. The molecule has 0 atom stereocenters. The van der Waals surface area contributed by atoms with E-state index in [0.717, 1.165) is 40.6 Å². The van der Waals surface area contributed by atoms with E-state index in [9.17, 15) is 14.7 Å². The molecule has 1 amide bonds. The van der Waals surface area contributed by atoms with Gasteiger partial charge in [-0.05, 0) is 61.1 Å². The highest BCUT2D eigenvalue weighted by atomic mass is 32.1. The first-order valence-corrected chi connectivity index (χ1v) is 12.0. The van der Waals surface area contributed by atoms with E-state index in [1.807, 2.05) is 48.7 Å². The number of carbonyl (C=O) groups excluding carboxylic acids is 2. The van der Waals surface area contributed by atoms with Crippen molar-refractivity contribution in [3.63, 3.8) is 0 Å². The third-order valence-electron chi connectivity index (χ3n) is 6.22. The molecule has 33 heavy (non-hydrogen) atoms. The maximum Gasteiger partial charge on any atom is 0.262 e. The number of amides is 1. The molecule has 1 N–H and O–H groups in total. The summed E-state index contributed by atoms with van der Waals surface area (Å²) in [6, 6.07) is 14.7. The summed E-state index contributed by atoms with van der Waals surface area (Å²) in [5, 5.41) is 13.1. The van der Waals surface area contributed by atoms with Crippen LogP contribution in [-0.2, 0) is 17.8 Å². The van der Waals surface area contributed by atoms with Crippen molar-refractivity contribution in [3.8, 4) is 0 Å². The van der Waals surface area contributed by atoms with Crippen LogP contribution in [0.1, 0.15) is 40.0 Å². The van der Waals surface area contributed by atoms with E-state index in [1.165, 1.54) is 11.3 Å². The molecule has 6 nitrogen and oxygen atoms in total. The van der Waals surface area contributed by atoms with Crippen LogP contribution in [0.3, 0.4) is 0 Å². The van der Waals surface area contributed by atoms with E-state index < -0.39 is 0 Å². The minimum absolute atomic E-state index is 0.0273. The molecule has 5 rings (SSSR count). The number of carbonyl (C=O) groups is 2. The number of fused-ring (bicyclic) bond motifs is 1. The molecular weight excluding hydrogens is 434 g/mol. The fourth-order valence-electron chi connectivity index (χ4n) is 4.26. The standard InChI is InChI=1S/C26H25N3O3S/c1-17-21(14-24(31)28(15-18-7-8-18)26-27-11-12-33-26)22-13-19(16-30)9-10-23(22)29(17)25(32)20-5-3-2-4-6-20/h2-6,9-13,18,30H,7-8,14-16H2,1H3. The third-order valence-corrected chi connectivity index (χ3v) is 7.02. The van der Waals surface area contributed by atoms with Gasteiger partial charge in [-0.15, -0.1) is 11.3 Å². The van der Waals surface area contributed by atoms with E-state index in [-0.39, 0.29) is 24.8 Å². The summed E-state index contributed by atoms with van der Waals surface area (Å²) < 4.78 is 1.68. The fourth-order valence-corrected chi connectivity index (χ4v) is 4.93. The van der Waals surface area contributed by atoms with E-state index in [4.69, 9.17) is 0 Å². The Bertz CT molecular complexity index is 1310. The Labute approximate surface area is 196 Å². The van der Waals surface area contributed by atoms with Crippen LogP contribution in [0.2, 0.25) is 0 Å². The summed E-state index contributed by atoms with van der Waals surface area (Å²) in [6.45, 7) is 2.46. The van der Waals surface area contributed by atoms with Crippen molar-refractivity contribution in [2.45, 2.75) is 32.8 Å². The number of benzene rings is 2. The Balaban J connectivity index is 1.57. The Morgan fingerprint density at radius 2 is 1.97 bits per heavy atom. The molecule has 2 aromatic heterocycles. The van der Waals surface area contributed by atoms with Gasteiger partial charge in [-0.1, -0.05) is 24.3 Å². The summed E-state index contributed by atoms with van der Waals surface area (Å²) in [5.41, 5.74) is 3.62. The van der Waals surface area contributed by atoms with Gasteiger partial charge in [0.2, 0.25) is 5.91 Å². The molecule has 0 spiro atoms. The van der Waals surface area contributed by atoms with Crippen LogP contribution in [0.5, 0.6) is 0 Å². The Kier molecular flexibility index (Phi) is 5.83. The highest BCUT2D eigenvalue weighted by Crippen LogP contribution is 2.34. The lowest BCUT2D eigenvalue weighted by Gasteiger charge is -2.20. The van der Waals surface area contributed by atoms with E-state index in [1.54, 1.807) is 27.8 Å². The van der Waals surface area contributed by atoms with Crippen LogP contribution >= 0.6 is 11.3 Å². The molecule has 1 saturated carbocycles. The summed E-state index contributed by atoms with van der Waals surface area (Å²) in [7, 11) is 0. The lowest BCUT2D eigenvalue weighted by molar-refractivity contribution is -0.118. The van der Waals surface area contributed by atoms with Crippen molar-refractivity contribution in [1.82, 2.24) is 9.55 Å².